The molecule has 0 bridgehead atoms. The quantitative estimate of drug-likeness (QED) is 0.376. The molecule has 0 atom stereocenters. The van der Waals surface area contributed by atoms with E-state index in [4.69, 9.17) is 4.74 Å². The first-order chi connectivity index (χ1) is 14.7. The van der Waals surface area contributed by atoms with Crippen LogP contribution in [-0.2, 0) is 5.75 Å². The van der Waals surface area contributed by atoms with E-state index in [1.54, 1.807) is 30.4 Å². The predicted molar refractivity (Wildman–Crippen MR) is 122 cm³/mol. The molecule has 5 nitrogen and oxygen atoms in total. The van der Waals surface area contributed by atoms with Crippen LogP contribution in [-0.4, -0.2) is 23.0 Å². The molecule has 0 aliphatic carbocycles. The maximum absolute atomic E-state index is 12.7. The molecular formula is C23H19N3O2S2. The minimum Gasteiger partial charge on any atom is -0.496 e. The Bertz CT molecular complexity index is 1150. The van der Waals surface area contributed by atoms with Crippen LogP contribution in [0, 0.1) is 0 Å². The number of para-hydroxylation sites is 1. The van der Waals surface area contributed by atoms with Crippen molar-refractivity contribution in [3.8, 4) is 16.3 Å². The maximum Gasteiger partial charge on any atom is 0.275 e. The van der Waals surface area contributed by atoms with Gasteiger partial charge < -0.3 is 10.1 Å². The van der Waals surface area contributed by atoms with Crippen molar-refractivity contribution < 1.29 is 9.53 Å². The summed E-state index contributed by atoms with van der Waals surface area (Å²) in [5.41, 5.74) is 3.11. The number of thioether (sulfide) groups is 1. The summed E-state index contributed by atoms with van der Waals surface area (Å²) in [5, 5.41) is 6.42. The Morgan fingerprint density at radius 1 is 1.10 bits per heavy atom. The largest absolute Gasteiger partial charge is 0.496 e. The number of hydrogen-bond acceptors (Lipinski definition) is 6. The van der Waals surface area contributed by atoms with E-state index in [1.807, 2.05) is 66.7 Å². The fourth-order valence-electron chi connectivity index (χ4n) is 2.85. The van der Waals surface area contributed by atoms with Gasteiger partial charge in [0.05, 0.1) is 17.7 Å². The fraction of sp³-hybridized carbons (Fsp3) is 0.0870. The normalized spacial score (nSPS) is 10.6. The Morgan fingerprint density at radius 3 is 2.80 bits per heavy atom. The highest BCUT2D eigenvalue weighted by atomic mass is 32.2. The zero-order chi connectivity index (χ0) is 20.8. The number of methoxy groups -OCH3 is 1. The summed E-state index contributed by atoms with van der Waals surface area (Å²) in [4.78, 5) is 21.5. The molecule has 2 aromatic carbocycles. The number of nitrogens with zero attached hydrogens (tertiary/aromatic N) is 2. The topological polar surface area (TPSA) is 64.1 Å². The molecule has 0 saturated heterocycles. The van der Waals surface area contributed by atoms with Gasteiger partial charge in [0.2, 0.25) is 0 Å². The summed E-state index contributed by atoms with van der Waals surface area (Å²) in [6.07, 6.45) is 1.78. The highest BCUT2D eigenvalue weighted by Gasteiger charge is 2.14. The van der Waals surface area contributed by atoms with Crippen molar-refractivity contribution in [2.45, 2.75) is 10.8 Å². The number of ether oxygens (including phenoxy) is 1. The van der Waals surface area contributed by atoms with Crippen molar-refractivity contribution in [2.24, 2.45) is 0 Å². The Balaban J connectivity index is 1.44. The molecule has 2 heterocycles. The second-order valence-electron chi connectivity index (χ2n) is 6.35. The van der Waals surface area contributed by atoms with Crippen LogP contribution in [0.5, 0.6) is 5.75 Å². The molecule has 4 aromatic rings. The maximum atomic E-state index is 12.7. The van der Waals surface area contributed by atoms with Gasteiger partial charge >= 0.3 is 0 Å². The van der Waals surface area contributed by atoms with Crippen molar-refractivity contribution in [3.63, 3.8) is 0 Å². The number of aromatic nitrogens is 2. The summed E-state index contributed by atoms with van der Waals surface area (Å²) in [5.74, 6) is 1.27. The van der Waals surface area contributed by atoms with E-state index in [0.717, 1.165) is 38.4 Å². The third-order valence-corrected chi connectivity index (χ3v) is 6.17. The molecule has 7 heteroatoms. The van der Waals surface area contributed by atoms with Gasteiger partial charge in [-0.25, -0.2) is 9.97 Å². The Kier molecular flexibility index (Phi) is 6.41. The number of anilines is 1. The van der Waals surface area contributed by atoms with E-state index in [-0.39, 0.29) is 5.91 Å². The lowest BCUT2D eigenvalue weighted by Gasteiger charge is -2.07. The van der Waals surface area contributed by atoms with Gasteiger partial charge in [0.1, 0.15) is 16.5 Å². The Labute approximate surface area is 183 Å². The van der Waals surface area contributed by atoms with Gasteiger partial charge in [-0.1, -0.05) is 30.3 Å². The summed E-state index contributed by atoms with van der Waals surface area (Å²) in [7, 11) is 1.62. The van der Waals surface area contributed by atoms with E-state index in [0.29, 0.717) is 5.69 Å². The molecule has 0 spiro atoms. The SMILES string of the molecule is COc1ccccc1-c1nc(C(=O)Nc2cccc(CSc3ccccn3)c2)cs1. The van der Waals surface area contributed by atoms with Crippen molar-refractivity contribution in [3.05, 3.63) is 89.6 Å². The van der Waals surface area contributed by atoms with E-state index in [9.17, 15) is 4.79 Å². The van der Waals surface area contributed by atoms with E-state index in [2.05, 4.69) is 15.3 Å². The van der Waals surface area contributed by atoms with Gasteiger partial charge in [-0.3, -0.25) is 4.79 Å². The van der Waals surface area contributed by atoms with Crippen molar-refractivity contribution in [1.29, 1.82) is 0 Å². The number of thiazole rings is 1. The zero-order valence-corrected chi connectivity index (χ0v) is 17.9. The molecule has 0 aliphatic heterocycles. The average molecular weight is 434 g/mol. The van der Waals surface area contributed by atoms with Crippen LogP contribution in [0.25, 0.3) is 10.6 Å². The summed E-state index contributed by atoms with van der Waals surface area (Å²) < 4.78 is 5.39. The summed E-state index contributed by atoms with van der Waals surface area (Å²) in [6, 6.07) is 21.3. The number of nitrogens with one attached hydrogen (secondary N) is 1. The van der Waals surface area contributed by atoms with Crippen LogP contribution in [0.4, 0.5) is 5.69 Å². The van der Waals surface area contributed by atoms with Gasteiger partial charge in [0.15, 0.2) is 0 Å². The first-order valence-corrected chi connectivity index (χ1v) is 11.1. The van der Waals surface area contributed by atoms with E-state index in [1.165, 1.54) is 11.3 Å². The lowest BCUT2D eigenvalue weighted by molar-refractivity contribution is 0.102. The van der Waals surface area contributed by atoms with Crippen LogP contribution in [0.2, 0.25) is 0 Å². The van der Waals surface area contributed by atoms with Gasteiger partial charge in [0, 0.05) is 23.0 Å². The molecule has 30 heavy (non-hydrogen) atoms. The number of pyridine rings is 1. The number of benzene rings is 2. The molecular weight excluding hydrogens is 414 g/mol. The highest BCUT2D eigenvalue weighted by molar-refractivity contribution is 7.98. The van der Waals surface area contributed by atoms with E-state index < -0.39 is 0 Å². The standard InChI is InChI=1S/C23H19N3O2S2/c1-28-20-10-3-2-9-18(20)23-26-19(15-30-23)22(27)25-17-8-6-7-16(13-17)14-29-21-11-4-5-12-24-21/h2-13,15H,14H2,1H3,(H,25,27). The van der Waals surface area contributed by atoms with Crippen molar-refractivity contribution in [2.75, 3.05) is 12.4 Å². The molecule has 0 fully saturated rings. The smallest absolute Gasteiger partial charge is 0.275 e. The third-order valence-electron chi connectivity index (χ3n) is 4.28. The van der Waals surface area contributed by atoms with Crippen LogP contribution in [0.3, 0.4) is 0 Å². The van der Waals surface area contributed by atoms with Crippen LogP contribution in [0.15, 0.2) is 83.3 Å². The molecule has 1 N–H and O–H groups in total. The van der Waals surface area contributed by atoms with Crippen LogP contribution >= 0.6 is 23.1 Å². The monoisotopic (exact) mass is 433 g/mol. The Morgan fingerprint density at radius 2 is 1.97 bits per heavy atom. The molecule has 2 aromatic heterocycles. The van der Waals surface area contributed by atoms with Gasteiger partial charge in [0.25, 0.3) is 5.91 Å². The Hall–Kier alpha value is -3.16. The molecule has 1 amide bonds. The number of carbonyl (C=O) groups excluding carboxylic acids is 1. The van der Waals surface area contributed by atoms with Crippen molar-refractivity contribution >= 4 is 34.7 Å². The minimum atomic E-state index is -0.234. The molecule has 4 rings (SSSR count). The summed E-state index contributed by atoms with van der Waals surface area (Å²) in [6.45, 7) is 0. The third kappa shape index (κ3) is 4.87. The van der Waals surface area contributed by atoms with Crippen molar-refractivity contribution in [1.82, 2.24) is 9.97 Å². The van der Waals surface area contributed by atoms with E-state index >= 15 is 0 Å². The second kappa shape index (κ2) is 9.56. The second-order valence-corrected chi connectivity index (χ2v) is 8.20. The first kappa shape index (κ1) is 20.1. The molecule has 0 saturated carbocycles. The van der Waals surface area contributed by atoms with Crippen LogP contribution < -0.4 is 10.1 Å². The number of hydrogen-bond donors (Lipinski definition) is 1. The number of carbonyl (C=O) groups is 1. The zero-order valence-electron chi connectivity index (χ0n) is 16.2. The fourth-order valence-corrected chi connectivity index (χ4v) is 4.48. The lowest BCUT2D eigenvalue weighted by atomic mass is 10.2. The molecule has 0 unspecified atom stereocenters. The highest BCUT2D eigenvalue weighted by Crippen LogP contribution is 2.32. The molecule has 0 radical (unpaired) electrons. The van der Waals surface area contributed by atoms with Crippen LogP contribution in [0.1, 0.15) is 16.1 Å². The first-order valence-electron chi connectivity index (χ1n) is 9.26. The molecule has 150 valence electrons. The summed E-state index contributed by atoms with van der Waals surface area (Å²) >= 11 is 3.07. The molecule has 0 aliphatic rings. The average Bonchev–Trinajstić information content (AvgIpc) is 3.29. The minimum absolute atomic E-state index is 0.234. The van der Waals surface area contributed by atoms with Gasteiger partial charge in [-0.15, -0.1) is 23.1 Å². The lowest BCUT2D eigenvalue weighted by Crippen LogP contribution is -2.12. The van der Waals surface area contributed by atoms with Gasteiger partial charge in [-0.05, 0) is 42.0 Å². The number of amides is 1. The number of rotatable bonds is 7. The van der Waals surface area contributed by atoms with Gasteiger partial charge in [-0.2, -0.15) is 0 Å². The predicted octanol–water partition coefficient (Wildman–Crippen LogP) is 5.76.